The van der Waals surface area contributed by atoms with E-state index < -0.39 is 5.91 Å². The van der Waals surface area contributed by atoms with Crippen molar-refractivity contribution in [2.45, 2.75) is 26.2 Å². The summed E-state index contributed by atoms with van der Waals surface area (Å²) < 4.78 is 5.36. The fourth-order valence-corrected chi connectivity index (χ4v) is 1.90. The van der Waals surface area contributed by atoms with Gasteiger partial charge in [0, 0.05) is 5.92 Å². The highest BCUT2D eigenvalue weighted by atomic mass is 32.1. The normalized spacial score (nSPS) is 13.1. The van der Waals surface area contributed by atoms with Gasteiger partial charge in [0.2, 0.25) is 5.91 Å². The Balaban J connectivity index is 1.65. The molecule has 1 aliphatic rings. The average molecular weight is 321 g/mol. The zero-order chi connectivity index (χ0) is 15.9. The average Bonchev–Trinajstić information content (AvgIpc) is 3.36. The highest BCUT2D eigenvalue weighted by molar-refractivity contribution is 7.80. The predicted molar refractivity (Wildman–Crippen MR) is 86.1 cm³/mol. The number of hydrogen-bond donors (Lipinski definition) is 3. The van der Waals surface area contributed by atoms with E-state index in [1.165, 1.54) is 5.56 Å². The first-order valence-electron chi connectivity index (χ1n) is 7.20. The molecule has 0 spiro atoms. The van der Waals surface area contributed by atoms with Crippen molar-refractivity contribution in [2.24, 2.45) is 5.92 Å². The fraction of sp³-hybridized carbons (Fsp3) is 0.400. The van der Waals surface area contributed by atoms with Crippen LogP contribution in [0.2, 0.25) is 0 Å². The van der Waals surface area contributed by atoms with Crippen LogP contribution in [-0.4, -0.2) is 23.5 Å². The van der Waals surface area contributed by atoms with Crippen LogP contribution in [0.1, 0.15) is 25.3 Å². The van der Waals surface area contributed by atoms with Crippen molar-refractivity contribution in [3.8, 4) is 5.75 Å². The van der Waals surface area contributed by atoms with E-state index in [0.29, 0.717) is 5.75 Å². The molecule has 0 atom stereocenters. The van der Waals surface area contributed by atoms with E-state index in [2.05, 4.69) is 23.1 Å². The van der Waals surface area contributed by atoms with Gasteiger partial charge in [-0.1, -0.05) is 19.1 Å². The number of benzene rings is 1. The number of aryl methyl sites for hydroxylation is 1. The molecule has 22 heavy (non-hydrogen) atoms. The van der Waals surface area contributed by atoms with Crippen molar-refractivity contribution < 1.29 is 14.3 Å². The lowest BCUT2D eigenvalue weighted by Crippen LogP contribution is -2.49. The minimum atomic E-state index is -0.391. The third-order valence-electron chi connectivity index (χ3n) is 3.20. The number of carbonyl (C=O) groups is 2. The van der Waals surface area contributed by atoms with Crippen molar-refractivity contribution in [2.75, 3.05) is 6.61 Å². The number of hydrogen-bond acceptors (Lipinski definition) is 4. The van der Waals surface area contributed by atoms with Gasteiger partial charge in [-0.3, -0.25) is 25.8 Å². The van der Waals surface area contributed by atoms with Crippen LogP contribution >= 0.6 is 12.2 Å². The third kappa shape index (κ3) is 5.33. The van der Waals surface area contributed by atoms with Gasteiger partial charge in [0.1, 0.15) is 5.75 Å². The topological polar surface area (TPSA) is 79.5 Å². The molecular formula is C15H19N3O3S. The Morgan fingerprint density at radius 1 is 1.23 bits per heavy atom. The standard InChI is InChI=1S/C15H19N3O3S/c1-2-10-3-7-12(8-4-10)21-9-13(19)16-15(22)18-17-14(20)11-5-6-11/h3-4,7-8,11H,2,5-6,9H2,1H3,(H,17,20)(H2,16,18,19,22). The zero-order valence-electron chi connectivity index (χ0n) is 12.3. The second-order valence-electron chi connectivity index (χ2n) is 5.05. The molecule has 0 radical (unpaired) electrons. The van der Waals surface area contributed by atoms with E-state index in [1.54, 1.807) is 0 Å². The Morgan fingerprint density at radius 2 is 1.91 bits per heavy atom. The van der Waals surface area contributed by atoms with Crippen LogP contribution in [-0.2, 0) is 16.0 Å². The summed E-state index contributed by atoms with van der Waals surface area (Å²) >= 11 is 4.91. The maximum atomic E-state index is 11.7. The first-order valence-corrected chi connectivity index (χ1v) is 7.60. The number of nitrogens with one attached hydrogen (secondary N) is 3. The van der Waals surface area contributed by atoms with Gasteiger partial charge in [-0.25, -0.2) is 0 Å². The van der Waals surface area contributed by atoms with Crippen molar-refractivity contribution in [1.82, 2.24) is 16.2 Å². The molecule has 118 valence electrons. The molecule has 0 aliphatic heterocycles. The van der Waals surface area contributed by atoms with Crippen molar-refractivity contribution >= 4 is 29.1 Å². The molecule has 1 saturated carbocycles. The van der Waals surface area contributed by atoms with Crippen molar-refractivity contribution in [1.29, 1.82) is 0 Å². The van der Waals surface area contributed by atoms with Crippen LogP contribution in [0.25, 0.3) is 0 Å². The van der Waals surface area contributed by atoms with Gasteiger partial charge in [0.25, 0.3) is 5.91 Å². The number of ether oxygens (including phenoxy) is 1. The Morgan fingerprint density at radius 3 is 2.50 bits per heavy atom. The van der Waals surface area contributed by atoms with Gasteiger partial charge in [0.15, 0.2) is 11.7 Å². The van der Waals surface area contributed by atoms with E-state index in [1.807, 2.05) is 24.3 Å². The Kier molecular flexibility index (Phi) is 5.71. The third-order valence-corrected chi connectivity index (χ3v) is 3.41. The summed E-state index contributed by atoms with van der Waals surface area (Å²) in [5, 5.41) is 2.47. The molecule has 0 unspecified atom stereocenters. The quantitative estimate of drug-likeness (QED) is 0.558. The highest BCUT2D eigenvalue weighted by Crippen LogP contribution is 2.28. The minimum Gasteiger partial charge on any atom is -0.484 e. The molecule has 1 aromatic carbocycles. The molecule has 6 nitrogen and oxygen atoms in total. The number of rotatable bonds is 5. The number of amides is 2. The second-order valence-corrected chi connectivity index (χ2v) is 5.46. The Bertz CT molecular complexity index is 556. The summed E-state index contributed by atoms with van der Waals surface area (Å²) in [5.41, 5.74) is 6.15. The minimum absolute atomic E-state index is 0.0453. The van der Waals surface area contributed by atoms with Gasteiger partial charge in [0.05, 0.1) is 0 Å². The highest BCUT2D eigenvalue weighted by Gasteiger charge is 2.29. The van der Waals surface area contributed by atoms with E-state index >= 15 is 0 Å². The maximum absolute atomic E-state index is 11.7. The zero-order valence-corrected chi connectivity index (χ0v) is 13.2. The van der Waals surface area contributed by atoms with Crippen LogP contribution in [0.5, 0.6) is 5.75 Å². The van der Waals surface area contributed by atoms with Crippen LogP contribution in [0.3, 0.4) is 0 Å². The first-order chi connectivity index (χ1) is 10.6. The van der Waals surface area contributed by atoms with Crippen molar-refractivity contribution in [3.63, 3.8) is 0 Å². The van der Waals surface area contributed by atoms with Crippen LogP contribution < -0.4 is 20.9 Å². The smallest absolute Gasteiger partial charge is 0.264 e. The van der Waals surface area contributed by atoms with E-state index in [-0.39, 0.29) is 23.5 Å². The van der Waals surface area contributed by atoms with Gasteiger partial charge in [-0.15, -0.1) is 0 Å². The summed E-state index contributed by atoms with van der Waals surface area (Å²) in [7, 11) is 0. The summed E-state index contributed by atoms with van der Waals surface area (Å²) in [6, 6.07) is 7.54. The molecule has 1 aliphatic carbocycles. The SMILES string of the molecule is CCc1ccc(OCC(=O)NC(=S)NNC(=O)C2CC2)cc1. The Hall–Kier alpha value is -2.15. The number of hydrazine groups is 1. The van der Waals surface area contributed by atoms with E-state index in [0.717, 1.165) is 19.3 Å². The van der Waals surface area contributed by atoms with Gasteiger partial charge in [-0.05, 0) is 49.2 Å². The lowest BCUT2D eigenvalue weighted by Gasteiger charge is -2.11. The molecule has 0 aromatic heterocycles. The molecule has 1 fully saturated rings. The van der Waals surface area contributed by atoms with E-state index in [4.69, 9.17) is 17.0 Å². The molecule has 0 heterocycles. The Labute approximate surface area is 134 Å². The van der Waals surface area contributed by atoms with Gasteiger partial charge >= 0.3 is 0 Å². The molecule has 0 saturated heterocycles. The molecule has 2 rings (SSSR count). The summed E-state index contributed by atoms with van der Waals surface area (Å²) in [5.74, 6) is 0.190. The first kappa shape index (κ1) is 16.2. The molecule has 2 amide bonds. The van der Waals surface area contributed by atoms with E-state index in [9.17, 15) is 9.59 Å². The lowest BCUT2D eigenvalue weighted by atomic mass is 10.2. The van der Waals surface area contributed by atoms with Gasteiger partial charge < -0.3 is 4.74 Å². The monoisotopic (exact) mass is 321 g/mol. The lowest BCUT2D eigenvalue weighted by molar-refractivity contribution is -0.123. The molecule has 7 heteroatoms. The number of carbonyl (C=O) groups excluding carboxylic acids is 2. The molecular weight excluding hydrogens is 302 g/mol. The van der Waals surface area contributed by atoms with Crippen LogP contribution in [0.4, 0.5) is 0 Å². The predicted octanol–water partition coefficient (Wildman–Crippen LogP) is 1.06. The van der Waals surface area contributed by atoms with Crippen LogP contribution in [0.15, 0.2) is 24.3 Å². The second kappa shape index (κ2) is 7.74. The largest absolute Gasteiger partial charge is 0.484 e. The molecule has 0 bridgehead atoms. The maximum Gasteiger partial charge on any atom is 0.264 e. The van der Waals surface area contributed by atoms with Gasteiger partial charge in [-0.2, -0.15) is 0 Å². The summed E-state index contributed by atoms with van der Waals surface area (Å²) in [4.78, 5) is 23.1. The summed E-state index contributed by atoms with van der Waals surface area (Å²) in [6.45, 7) is 1.92. The molecule has 1 aromatic rings. The number of thiocarbonyl (C=S) groups is 1. The summed E-state index contributed by atoms with van der Waals surface area (Å²) in [6.07, 6.45) is 2.75. The van der Waals surface area contributed by atoms with Crippen LogP contribution in [0, 0.1) is 5.92 Å². The molecule has 3 N–H and O–H groups in total. The fourth-order valence-electron chi connectivity index (χ4n) is 1.73. The van der Waals surface area contributed by atoms with Crippen molar-refractivity contribution in [3.05, 3.63) is 29.8 Å².